The molecule has 128 valence electrons. The molecule has 25 heavy (non-hydrogen) atoms. The highest BCUT2D eigenvalue weighted by Crippen LogP contribution is 2.11. The van der Waals surface area contributed by atoms with Crippen LogP contribution in [0.3, 0.4) is 0 Å². The third kappa shape index (κ3) is 4.06. The van der Waals surface area contributed by atoms with Crippen LogP contribution in [0.15, 0.2) is 53.3 Å². The van der Waals surface area contributed by atoms with Crippen LogP contribution in [0.25, 0.3) is 10.9 Å². The number of fused-ring (bicyclic) bond motifs is 1. The van der Waals surface area contributed by atoms with Gasteiger partial charge in [-0.25, -0.2) is 4.98 Å². The molecule has 0 aliphatic carbocycles. The Hall–Kier alpha value is -2.66. The van der Waals surface area contributed by atoms with Gasteiger partial charge >= 0.3 is 0 Å². The van der Waals surface area contributed by atoms with Crippen LogP contribution in [0, 0.1) is 0 Å². The van der Waals surface area contributed by atoms with E-state index in [4.69, 9.17) is 11.6 Å². The molecule has 1 amide bonds. The normalized spacial score (nSPS) is 10.8. The van der Waals surface area contributed by atoms with Gasteiger partial charge in [0.25, 0.3) is 5.56 Å². The number of amides is 1. The molecule has 0 saturated heterocycles. The van der Waals surface area contributed by atoms with Crippen molar-refractivity contribution in [3.63, 3.8) is 0 Å². The largest absolute Gasteiger partial charge is 0.352 e. The predicted molar refractivity (Wildman–Crippen MR) is 98.6 cm³/mol. The Morgan fingerprint density at radius 2 is 2.00 bits per heavy atom. The second kappa shape index (κ2) is 7.49. The second-order valence-corrected chi connectivity index (χ2v) is 6.25. The van der Waals surface area contributed by atoms with Crippen molar-refractivity contribution in [1.29, 1.82) is 0 Å². The predicted octanol–water partition coefficient (Wildman–Crippen LogP) is 2.84. The molecule has 0 radical (unpaired) electrons. The highest BCUT2D eigenvalue weighted by Gasteiger charge is 2.10. The van der Waals surface area contributed by atoms with Crippen molar-refractivity contribution in [3.8, 4) is 0 Å². The number of aryl methyl sites for hydroxylation is 1. The zero-order valence-corrected chi connectivity index (χ0v) is 14.6. The zero-order valence-electron chi connectivity index (χ0n) is 13.8. The summed E-state index contributed by atoms with van der Waals surface area (Å²) >= 11 is 5.93. The molecule has 0 spiro atoms. The number of hydrogen-bond donors (Lipinski definition) is 1. The van der Waals surface area contributed by atoms with Gasteiger partial charge in [0.1, 0.15) is 5.82 Å². The van der Waals surface area contributed by atoms with E-state index >= 15 is 0 Å². The smallest absolute Gasteiger partial charge is 0.261 e. The maximum Gasteiger partial charge on any atom is 0.261 e. The minimum absolute atomic E-state index is 0.0950. The van der Waals surface area contributed by atoms with Gasteiger partial charge in [-0.05, 0) is 29.8 Å². The van der Waals surface area contributed by atoms with Crippen LogP contribution in [0.2, 0.25) is 5.02 Å². The van der Waals surface area contributed by atoms with Gasteiger partial charge in [-0.15, -0.1) is 0 Å². The molecule has 5 nitrogen and oxygen atoms in total. The number of carbonyl (C=O) groups is 1. The molecule has 6 heteroatoms. The van der Waals surface area contributed by atoms with E-state index < -0.39 is 0 Å². The van der Waals surface area contributed by atoms with Gasteiger partial charge in [0, 0.05) is 31.5 Å². The van der Waals surface area contributed by atoms with E-state index in [0.29, 0.717) is 34.7 Å². The fraction of sp³-hybridized carbons (Fsp3) is 0.211. The van der Waals surface area contributed by atoms with Gasteiger partial charge in [-0.3, -0.25) is 14.2 Å². The molecule has 1 N–H and O–H groups in total. The number of nitrogens with one attached hydrogen (secondary N) is 1. The molecule has 0 unspecified atom stereocenters. The maximum atomic E-state index is 12.3. The van der Waals surface area contributed by atoms with E-state index in [0.717, 1.165) is 5.56 Å². The summed E-state index contributed by atoms with van der Waals surface area (Å²) in [5.74, 6) is 0.504. The summed E-state index contributed by atoms with van der Waals surface area (Å²) in [7, 11) is 1.68. The van der Waals surface area contributed by atoms with Crippen LogP contribution in [0.4, 0.5) is 0 Å². The van der Waals surface area contributed by atoms with E-state index in [9.17, 15) is 9.59 Å². The lowest BCUT2D eigenvalue weighted by Gasteiger charge is -2.09. The maximum absolute atomic E-state index is 12.3. The zero-order chi connectivity index (χ0) is 17.8. The number of benzene rings is 2. The summed E-state index contributed by atoms with van der Waals surface area (Å²) in [6.07, 6.45) is 0.664. The Bertz CT molecular complexity index is 982. The molecule has 2 aromatic carbocycles. The summed E-state index contributed by atoms with van der Waals surface area (Å²) in [6, 6.07) is 14.6. The number of rotatable bonds is 5. The highest BCUT2D eigenvalue weighted by atomic mass is 35.5. The Kier molecular flexibility index (Phi) is 5.14. The first-order valence-electron chi connectivity index (χ1n) is 8.00. The number of carbonyl (C=O) groups excluding carboxylic acids is 1. The Morgan fingerprint density at radius 1 is 1.20 bits per heavy atom. The molecule has 1 aromatic heterocycles. The van der Waals surface area contributed by atoms with E-state index in [2.05, 4.69) is 10.3 Å². The van der Waals surface area contributed by atoms with Crippen LogP contribution < -0.4 is 10.9 Å². The van der Waals surface area contributed by atoms with Crippen molar-refractivity contribution in [2.75, 3.05) is 0 Å². The van der Waals surface area contributed by atoms with Gasteiger partial charge in [0.05, 0.1) is 10.9 Å². The van der Waals surface area contributed by atoms with Crippen molar-refractivity contribution in [3.05, 3.63) is 75.3 Å². The van der Waals surface area contributed by atoms with Crippen LogP contribution in [-0.2, 0) is 24.8 Å². The topological polar surface area (TPSA) is 64.0 Å². The minimum Gasteiger partial charge on any atom is -0.352 e. The Labute approximate surface area is 150 Å². The third-order valence-electron chi connectivity index (χ3n) is 4.03. The Morgan fingerprint density at radius 3 is 2.80 bits per heavy atom. The third-order valence-corrected chi connectivity index (χ3v) is 4.27. The first-order chi connectivity index (χ1) is 12.0. The molecule has 0 atom stereocenters. The van der Waals surface area contributed by atoms with Gasteiger partial charge in [0.2, 0.25) is 5.91 Å². The lowest BCUT2D eigenvalue weighted by atomic mass is 10.2. The fourth-order valence-electron chi connectivity index (χ4n) is 2.65. The second-order valence-electron chi connectivity index (χ2n) is 5.82. The molecular formula is C19H18ClN3O2. The SMILES string of the molecule is Cn1c(CCC(=O)NCc2cccc(Cl)c2)nc2ccccc2c1=O. The van der Waals surface area contributed by atoms with Crippen LogP contribution in [0.5, 0.6) is 0 Å². The van der Waals surface area contributed by atoms with Gasteiger partial charge in [-0.1, -0.05) is 35.9 Å². The van der Waals surface area contributed by atoms with E-state index in [1.165, 1.54) is 4.57 Å². The highest BCUT2D eigenvalue weighted by molar-refractivity contribution is 6.30. The van der Waals surface area contributed by atoms with E-state index in [-0.39, 0.29) is 17.9 Å². The first kappa shape index (κ1) is 17.2. The van der Waals surface area contributed by atoms with E-state index in [1.54, 1.807) is 25.2 Å². The van der Waals surface area contributed by atoms with Crippen molar-refractivity contribution in [1.82, 2.24) is 14.9 Å². The molecule has 0 fully saturated rings. The quantitative estimate of drug-likeness (QED) is 0.765. The van der Waals surface area contributed by atoms with E-state index in [1.807, 2.05) is 30.3 Å². The van der Waals surface area contributed by atoms with Gasteiger partial charge in [0.15, 0.2) is 0 Å². The van der Waals surface area contributed by atoms with Gasteiger partial charge in [-0.2, -0.15) is 0 Å². The number of aromatic nitrogens is 2. The molecule has 1 heterocycles. The molecule has 3 rings (SSSR count). The molecule has 0 bridgehead atoms. The van der Waals surface area contributed by atoms with Crippen molar-refractivity contribution in [2.45, 2.75) is 19.4 Å². The Balaban J connectivity index is 1.65. The number of nitrogens with zero attached hydrogens (tertiary/aromatic N) is 2. The van der Waals surface area contributed by atoms with Crippen molar-refractivity contribution < 1.29 is 4.79 Å². The van der Waals surface area contributed by atoms with Crippen LogP contribution >= 0.6 is 11.6 Å². The average Bonchev–Trinajstić information content (AvgIpc) is 2.62. The molecular weight excluding hydrogens is 338 g/mol. The molecule has 0 saturated carbocycles. The van der Waals surface area contributed by atoms with Crippen molar-refractivity contribution >= 4 is 28.4 Å². The molecule has 3 aromatic rings. The fourth-order valence-corrected chi connectivity index (χ4v) is 2.86. The summed E-state index contributed by atoms with van der Waals surface area (Å²) in [6.45, 7) is 0.420. The van der Waals surface area contributed by atoms with Crippen LogP contribution in [-0.4, -0.2) is 15.5 Å². The summed E-state index contributed by atoms with van der Waals surface area (Å²) in [5, 5.41) is 4.08. The lowest BCUT2D eigenvalue weighted by molar-refractivity contribution is -0.121. The van der Waals surface area contributed by atoms with Crippen molar-refractivity contribution in [2.24, 2.45) is 7.05 Å². The summed E-state index contributed by atoms with van der Waals surface area (Å²) in [4.78, 5) is 28.9. The summed E-state index contributed by atoms with van der Waals surface area (Å²) < 4.78 is 1.51. The number of halogens is 1. The standard InChI is InChI=1S/C19H18ClN3O2/c1-23-17(22-16-8-3-2-7-15(16)19(23)25)9-10-18(24)21-12-13-5-4-6-14(20)11-13/h2-8,11H,9-10,12H2,1H3,(H,21,24). The first-order valence-corrected chi connectivity index (χ1v) is 8.38. The summed E-state index contributed by atoms with van der Waals surface area (Å²) in [5.41, 5.74) is 1.50. The molecule has 0 aliphatic heterocycles. The monoisotopic (exact) mass is 355 g/mol. The lowest BCUT2D eigenvalue weighted by Crippen LogP contribution is -2.26. The van der Waals surface area contributed by atoms with Crippen LogP contribution in [0.1, 0.15) is 17.8 Å². The number of hydrogen-bond acceptors (Lipinski definition) is 3. The molecule has 0 aliphatic rings. The minimum atomic E-state index is -0.0973. The van der Waals surface area contributed by atoms with Gasteiger partial charge < -0.3 is 5.32 Å². The average molecular weight is 356 g/mol. The number of para-hydroxylation sites is 1.